The number of amides is 3. The van der Waals surface area contributed by atoms with E-state index in [1.165, 1.54) is 12.7 Å². The number of piperazine rings is 1. The molecule has 25 heavy (non-hydrogen) atoms. The Bertz CT molecular complexity index is 614. The van der Waals surface area contributed by atoms with Gasteiger partial charge in [-0.1, -0.05) is 19.3 Å². The summed E-state index contributed by atoms with van der Waals surface area (Å²) in [7, 11) is 1.73. The molecule has 0 atom stereocenters. The van der Waals surface area contributed by atoms with Crippen molar-refractivity contribution in [2.75, 3.05) is 33.2 Å². The van der Waals surface area contributed by atoms with Gasteiger partial charge in [0.2, 0.25) is 0 Å². The molecule has 1 aliphatic heterocycles. The molecule has 1 aromatic heterocycles. The van der Waals surface area contributed by atoms with Gasteiger partial charge >= 0.3 is 11.8 Å². The predicted molar refractivity (Wildman–Crippen MR) is 90.8 cm³/mol. The highest BCUT2D eigenvalue weighted by atomic mass is 16.3. The maximum atomic E-state index is 12.5. The van der Waals surface area contributed by atoms with Crippen LogP contribution in [0.2, 0.25) is 0 Å². The predicted octanol–water partition coefficient (Wildman–Crippen LogP) is 1.36. The molecule has 7 heteroatoms. The van der Waals surface area contributed by atoms with Gasteiger partial charge in [-0.05, 0) is 25.0 Å². The zero-order chi connectivity index (χ0) is 17.8. The zero-order valence-electron chi connectivity index (χ0n) is 14.6. The third kappa shape index (κ3) is 3.86. The summed E-state index contributed by atoms with van der Waals surface area (Å²) in [4.78, 5) is 42.0. The van der Waals surface area contributed by atoms with E-state index in [9.17, 15) is 14.4 Å². The summed E-state index contributed by atoms with van der Waals surface area (Å²) in [6, 6.07) is 3.47. The number of rotatable bonds is 2. The lowest BCUT2D eigenvalue weighted by atomic mass is 9.94. The Kier molecular flexibility index (Phi) is 5.40. The first kappa shape index (κ1) is 17.5. The average molecular weight is 347 g/mol. The minimum atomic E-state index is -0.460. The molecule has 1 saturated carbocycles. The largest absolute Gasteiger partial charge is 0.459 e. The minimum Gasteiger partial charge on any atom is -0.459 e. The number of furan rings is 1. The SMILES string of the molecule is CN(C(=O)C(=O)N1CCN(C(=O)c2ccco2)CC1)C1CCCCC1. The summed E-state index contributed by atoms with van der Waals surface area (Å²) in [5.41, 5.74) is 0. The second-order valence-corrected chi connectivity index (χ2v) is 6.77. The van der Waals surface area contributed by atoms with E-state index < -0.39 is 11.8 Å². The summed E-state index contributed by atoms with van der Waals surface area (Å²) >= 11 is 0. The monoisotopic (exact) mass is 347 g/mol. The number of carbonyl (C=O) groups excluding carboxylic acids is 3. The fourth-order valence-corrected chi connectivity index (χ4v) is 3.59. The number of hydrogen-bond donors (Lipinski definition) is 0. The van der Waals surface area contributed by atoms with Crippen molar-refractivity contribution in [1.29, 1.82) is 0 Å². The zero-order valence-corrected chi connectivity index (χ0v) is 14.6. The van der Waals surface area contributed by atoms with Crippen LogP contribution in [0, 0.1) is 0 Å². The molecular weight excluding hydrogens is 322 g/mol. The van der Waals surface area contributed by atoms with E-state index in [-0.39, 0.29) is 11.9 Å². The third-order valence-electron chi connectivity index (χ3n) is 5.21. The fraction of sp³-hybridized carbons (Fsp3) is 0.611. The molecule has 0 spiro atoms. The minimum absolute atomic E-state index is 0.173. The highest BCUT2D eigenvalue weighted by Gasteiger charge is 2.32. The van der Waals surface area contributed by atoms with Crippen molar-refractivity contribution in [3.05, 3.63) is 24.2 Å². The molecule has 1 aliphatic carbocycles. The average Bonchev–Trinajstić information content (AvgIpc) is 3.21. The van der Waals surface area contributed by atoms with Gasteiger partial charge in [-0.3, -0.25) is 14.4 Å². The topological polar surface area (TPSA) is 74.1 Å². The second kappa shape index (κ2) is 7.72. The van der Waals surface area contributed by atoms with Crippen LogP contribution in [0.3, 0.4) is 0 Å². The Hall–Kier alpha value is -2.31. The molecule has 0 bridgehead atoms. The van der Waals surface area contributed by atoms with Gasteiger partial charge in [0.1, 0.15) is 0 Å². The van der Waals surface area contributed by atoms with Crippen molar-refractivity contribution in [2.45, 2.75) is 38.1 Å². The van der Waals surface area contributed by atoms with Crippen molar-refractivity contribution in [2.24, 2.45) is 0 Å². The van der Waals surface area contributed by atoms with Crippen molar-refractivity contribution >= 4 is 17.7 Å². The summed E-state index contributed by atoms with van der Waals surface area (Å²) in [5, 5.41) is 0. The van der Waals surface area contributed by atoms with Crippen molar-refractivity contribution < 1.29 is 18.8 Å². The van der Waals surface area contributed by atoms with Crippen molar-refractivity contribution in [3.8, 4) is 0 Å². The van der Waals surface area contributed by atoms with Gasteiger partial charge in [0.25, 0.3) is 5.91 Å². The van der Waals surface area contributed by atoms with Crippen LogP contribution in [0.25, 0.3) is 0 Å². The highest BCUT2D eigenvalue weighted by molar-refractivity contribution is 6.34. The van der Waals surface area contributed by atoms with Gasteiger partial charge in [0.15, 0.2) is 5.76 Å². The van der Waals surface area contributed by atoms with Gasteiger partial charge in [-0.2, -0.15) is 0 Å². The van der Waals surface area contributed by atoms with E-state index in [2.05, 4.69) is 0 Å². The molecule has 1 saturated heterocycles. The van der Waals surface area contributed by atoms with Crippen LogP contribution in [0.15, 0.2) is 22.8 Å². The smallest absolute Gasteiger partial charge is 0.312 e. The summed E-state index contributed by atoms with van der Waals surface area (Å²) < 4.78 is 5.13. The number of likely N-dealkylation sites (N-methyl/N-ethyl adjacent to an activating group) is 1. The normalized spacial score (nSPS) is 18.9. The van der Waals surface area contributed by atoms with Crippen LogP contribution in [-0.4, -0.2) is 71.7 Å². The quantitative estimate of drug-likeness (QED) is 0.757. The van der Waals surface area contributed by atoms with Crippen LogP contribution >= 0.6 is 0 Å². The van der Waals surface area contributed by atoms with Crippen LogP contribution in [-0.2, 0) is 9.59 Å². The lowest BCUT2D eigenvalue weighted by molar-refractivity contribution is -0.153. The maximum Gasteiger partial charge on any atom is 0.312 e. The molecule has 2 heterocycles. The molecule has 0 unspecified atom stereocenters. The molecule has 7 nitrogen and oxygen atoms in total. The summed E-state index contributed by atoms with van der Waals surface area (Å²) in [5.74, 6) is -0.772. The maximum absolute atomic E-state index is 12.5. The summed E-state index contributed by atoms with van der Waals surface area (Å²) in [6.07, 6.45) is 6.85. The lowest BCUT2D eigenvalue weighted by Crippen LogP contribution is -2.55. The Morgan fingerprint density at radius 3 is 2.28 bits per heavy atom. The van der Waals surface area contributed by atoms with E-state index in [0.29, 0.717) is 31.9 Å². The standard InChI is InChI=1S/C18H25N3O4/c1-19(14-6-3-2-4-7-14)17(23)18(24)21-11-9-20(10-12-21)16(22)15-8-5-13-25-15/h5,8,13-14H,2-4,6-7,9-12H2,1H3. The number of carbonyl (C=O) groups is 3. The van der Waals surface area contributed by atoms with Crippen LogP contribution in [0.5, 0.6) is 0 Å². The molecule has 2 aliphatic rings. The Morgan fingerprint density at radius 2 is 1.68 bits per heavy atom. The number of nitrogens with zero attached hydrogens (tertiary/aromatic N) is 3. The lowest BCUT2D eigenvalue weighted by Gasteiger charge is -2.36. The highest BCUT2D eigenvalue weighted by Crippen LogP contribution is 2.22. The van der Waals surface area contributed by atoms with E-state index in [1.54, 1.807) is 33.9 Å². The third-order valence-corrected chi connectivity index (χ3v) is 5.21. The first-order chi connectivity index (χ1) is 12.1. The Morgan fingerprint density at radius 1 is 1.04 bits per heavy atom. The molecule has 1 aromatic rings. The first-order valence-electron chi connectivity index (χ1n) is 8.97. The Balaban J connectivity index is 1.52. The molecule has 2 fully saturated rings. The van der Waals surface area contributed by atoms with E-state index in [0.717, 1.165) is 25.7 Å². The van der Waals surface area contributed by atoms with E-state index in [1.807, 2.05) is 0 Å². The van der Waals surface area contributed by atoms with Crippen LogP contribution in [0.4, 0.5) is 0 Å². The molecule has 0 radical (unpaired) electrons. The molecular formula is C18H25N3O4. The van der Waals surface area contributed by atoms with Gasteiger partial charge in [0, 0.05) is 39.3 Å². The number of hydrogen-bond acceptors (Lipinski definition) is 4. The molecule has 0 N–H and O–H groups in total. The first-order valence-corrected chi connectivity index (χ1v) is 8.97. The van der Waals surface area contributed by atoms with Crippen molar-refractivity contribution in [1.82, 2.24) is 14.7 Å². The van der Waals surface area contributed by atoms with Gasteiger partial charge < -0.3 is 19.1 Å². The van der Waals surface area contributed by atoms with Gasteiger partial charge in [-0.15, -0.1) is 0 Å². The molecule has 3 rings (SSSR count). The summed E-state index contributed by atoms with van der Waals surface area (Å²) in [6.45, 7) is 1.56. The fourth-order valence-electron chi connectivity index (χ4n) is 3.59. The second-order valence-electron chi connectivity index (χ2n) is 6.77. The van der Waals surface area contributed by atoms with Crippen LogP contribution < -0.4 is 0 Å². The van der Waals surface area contributed by atoms with Crippen LogP contribution in [0.1, 0.15) is 42.7 Å². The van der Waals surface area contributed by atoms with Crippen molar-refractivity contribution in [3.63, 3.8) is 0 Å². The molecule has 3 amide bonds. The van der Waals surface area contributed by atoms with Gasteiger partial charge in [0.05, 0.1) is 6.26 Å². The molecule has 0 aromatic carbocycles. The Labute approximate surface area is 147 Å². The van der Waals surface area contributed by atoms with E-state index >= 15 is 0 Å². The van der Waals surface area contributed by atoms with Gasteiger partial charge in [-0.25, -0.2) is 0 Å². The molecule has 136 valence electrons. The van der Waals surface area contributed by atoms with E-state index in [4.69, 9.17) is 4.42 Å².